The summed E-state index contributed by atoms with van der Waals surface area (Å²) in [6.07, 6.45) is 0.719. The molecule has 1 fully saturated rings. The van der Waals surface area contributed by atoms with Gasteiger partial charge >= 0.3 is 0 Å². The molecule has 4 nitrogen and oxygen atoms in total. The fourth-order valence-corrected chi connectivity index (χ4v) is 3.72. The molecule has 4 rings (SSSR count). The highest BCUT2D eigenvalue weighted by Crippen LogP contribution is 2.30. The number of likely N-dealkylation sites (tertiary alicyclic amines) is 1. The first kappa shape index (κ1) is 17.5. The summed E-state index contributed by atoms with van der Waals surface area (Å²) in [6.45, 7) is 2.02. The number of amides is 1. The second-order valence-electron chi connectivity index (χ2n) is 6.52. The lowest BCUT2D eigenvalue weighted by Crippen LogP contribution is -2.41. The van der Waals surface area contributed by atoms with E-state index < -0.39 is 5.82 Å². The Morgan fingerprint density at radius 3 is 2.65 bits per heavy atom. The number of halogens is 3. The van der Waals surface area contributed by atoms with Gasteiger partial charge in [-0.25, -0.2) is 9.40 Å². The SMILES string of the molecule is O=C1C2CCN(Cc3ccc(F)c(Cl)c3)CC2=NN1c1ccc(Cl)cc1. The fourth-order valence-electron chi connectivity index (χ4n) is 3.39. The van der Waals surface area contributed by atoms with Crippen LogP contribution in [-0.4, -0.2) is 29.6 Å². The maximum atomic E-state index is 13.3. The topological polar surface area (TPSA) is 35.9 Å². The lowest BCUT2D eigenvalue weighted by atomic mass is 9.94. The molecule has 1 unspecified atom stereocenters. The second kappa shape index (κ2) is 6.99. The monoisotopic (exact) mass is 391 g/mol. The van der Waals surface area contributed by atoms with Crippen LogP contribution in [0.5, 0.6) is 0 Å². The third-order valence-electron chi connectivity index (χ3n) is 4.72. The molecule has 0 aliphatic carbocycles. The predicted molar refractivity (Wildman–Crippen MR) is 101 cm³/mol. The van der Waals surface area contributed by atoms with E-state index in [9.17, 15) is 9.18 Å². The van der Waals surface area contributed by atoms with Crippen molar-refractivity contribution in [3.63, 3.8) is 0 Å². The minimum atomic E-state index is -0.418. The Kier molecular flexibility index (Phi) is 4.69. The number of fused-ring (bicyclic) bond motifs is 1. The van der Waals surface area contributed by atoms with Crippen molar-refractivity contribution in [1.29, 1.82) is 0 Å². The van der Waals surface area contributed by atoms with E-state index in [1.54, 1.807) is 36.4 Å². The standard InChI is InChI=1S/C19H16Cl2FN3O/c20-13-2-4-14(5-3-13)25-19(26)15-7-8-24(11-18(15)23-25)10-12-1-6-17(22)16(21)9-12/h1-6,9,15H,7-8,10-11H2. The van der Waals surface area contributed by atoms with Gasteiger partial charge in [-0.3, -0.25) is 9.69 Å². The van der Waals surface area contributed by atoms with E-state index in [1.807, 2.05) is 0 Å². The van der Waals surface area contributed by atoms with Gasteiger partial charge in [0.05, 0.1) is 22.3 Å². The van der Waals surface area contributed by atoms with Gasteiger partial charge in [0.1, 0.15) is 5.82 Å². The van der Waals surface area contributed by atoms with E-state index in [4.69, 9.17) is 23.2 Å². The van der Waals surface area contributed by atoms with Crippen LogP contribution in [0.2, 0.25) is 10.0 Å². The number of hydrazone groups is 1. The zero-order valence-corrected chi connectivity index (χ0v) is 15.3. The maximum Gasteiger partial charge on any atom is 0.256 e. The van der Waals surface area contributed by atoms with Gasteiger partial charge in [-0.2, -0.15) is 5.10 Å². The molecule has 1 atom stereocenters. The number of piperidine rings is 1. The normalized spacial score (nSPS) is 20.3. The molecule has 0 aromatic heterocycles. The predicted octanol–water partition coefficient (Wildman–Crippen LogP) is 4.36. The van der Waals surface area contributed by atoms with Crippen molar-refractivity contribution >= 4 is 40.5 Å². The van der Waals surface area contributed by atoms with Gasteiger partial charge in [0.25, 0.3) is 5.91 Å². The van der Waals surface area contributed by atoms with Crippen LogP contribution in [-0.2, 0) is 11.3 Å². The first-order valence-corrected chi connectivity index (χ1v) is 9.10. The number of benzene rings is 2. The number of nitrogens with zero attached hydrogens (tertiary/aromatic N) is 3. The molecule has 1 saturated heterocycles. The Balaban J connectivity index is 1.50. The molecule has 0 saturated carbocycles. The van der Waals surface area contributed by atoms with Crippen LogP contribution in [0, 0.1) is 11.7 Å². The van der Waals surface area contributed by atoms with E-state index in [-0.39, 0.29) is 16.8 Å². The third-order valence-corrected chi connectivity index (χ3v) is 5.26. The van der Waals surface area contributed by atoms with Crippen molar-refractivity contribution in [2.75, 3.05) is 18.1 Å². The van der Waals surface area contributed by atoms with E-state index in [0.29, 0.717) is 18.1 Å². The Hall–Kier alpha value is -1.95. The van der Waals surface area contributed by atoms with Gasteiger partial charge in [-0.05, 0) is 48.4 Å². The molecule has 134 valence electrons. The average Bonchev–Trinajstić information content (AvgIpc) is 2.95. The number of rotatable bonds is 3. The van der Waals surface area contributed by atoms with E-state index >= 15 is 0 Å². The van der Waals surface area contributed by atoms with E-state index in [0.717, 1.165) is 29.9 Å². The minimum absolute atomic E-state index is 0.00630. The summed E-state index contributed by atoms with van der Waals surface area (Å²) in [7, 11) is 0. The van der Waals surface area contributed by atoms with Gasteiger partial charge in [0, 0.05) is 24.7 Å². The number of anilines is 1. The molecular formula is C19H16Cl2FN3O. The molecule has 2 heterocycles. The molecule has 0 radical (unpaired) electrons. The summed E-state index contributed by atoms with van der Waals surface area (Å²) in [6, 6.07) is 11.8. The average molecular weight is 392 g/mol. The molecule has 0 spiro atoms. The van der Waals surface area contributed by atoms with Crippen molar-refractivity contribution in [1.82, 2.24) is 4.90 Å². The summed E-state index contributed by atoms with van der Waals surface area (Å²) in [5.74, 6) is -0.580. The van der Waals surface area contributed by atoms with Gasteiger partial charge in [0.15, 0.2) is 0 Å². The fraction of sp³-hybridized carbons (Fsp3) is 0.263. The number of hydrogen-bond acceptors (Lipinski definition) is 3. The minimum Gasteiger partial charge on any atom is -0.293 e. The Labute approximate surface area is 160 Å². The highest BCUT2D eigenvalue weighted by Gasteiger charge is 2.39. The largest absolute Gasteiger partial charge is 0.293 e. The molecule has 7 heteroatoms. The van der Waals surface area contributed by atoms with Crippen molar-refractivity contribution < 1.29 is 9.18 Å². The second-order valence-corrected chi connectivity index (χ2v) is 7.36. The van der Waals surface area contributed by atoms with Crippen LogP contribution in [0.15, 0.2) is 47.6 Å². The highest BCUT2D eigenvalue weighted by atomic mass is 35.5. The Morgan fingerprint density at radius 1 is 1.15 bits per heavy atom. The van der Waals surface area contributed by atoms with Gasteiger partial charge in [-0.1, -0.05) is 29.3 Å². The van der Waals surface area contributed by atoms with E-state index in [1.165, 1.54) is 11.1 Å². The number of hydrogen-bond donors (Lipinski definition) is 0. The zero-order chi connectivity index (χ0) is 18.3. The molecule has 2 aromatic carbocycles. The first-order chi connectivity index (χ1) is 12.5. The summed E-state index contributed by atoms with van der Waals surface area (Å²) >= 11 is 11.8. The summed E-state index contributed by atoms with van der Waals surface area (Å²) < 4.78 is 13.3. The van der Waals surface area contributed by atoms with E-state index in [2.05, 4.69) is 10.0 Å². The molecule has 0 N–H and O–H groups in total. The van der Waals surface area contributed by atoms with Gasteiger partial charge in [0.2, 0.25) is 0 Å². The summed E-state index contributed by atoms with van der Waals surface area (Å²) in [4.78, 5) is 14.9. The van der Waals surface area contributed by atoms with Crippen LogP contribution < -0.4 is 5.01 Å². The van der Waals surface area contributed by atoms with Crippen LogP contribution in [0.4, 0.5) is 10.1 Å². The van der Waals surface area contributed by atoms with Crippen molar-refractivity contribution in [3.8, 4) is 0 Å². The molecule has 2 aromatic rings. The highest BCUT2D eigenvalue weighted by molar-refractivity contribution is 6.31. The smallest absolute Gasteiger partial charge is 0.256 e. The molecule has 0 bridgehead atoms. The van der Waals surface area contributed by atoms with Gasteiger partial charge < -0.3 is 0 Å². The Bertz CT molecular complexity index is 885. The van der Waals surface area contributed by atoms with Crippen LogP contribution in [0.3, 0.4) is 0 Å². The zero-order valence-electron chi connectivity index (χ0n) is 13.8. The number of carbonyl (C=O) groups is 1. The van der Waals surface area contributed by atoms with Crippen LogP contribution in [0.1, 0.15) is 12.0 Å². The van der Waals surface area contributed by atoms with Crippen molar-refractivity contribution in [2.24, 2.45) is 11.0 Å². The summed E-state index contributed by atoms with van der Waals surface area (Å²) in [5.41, 5.74) is 2.52. The molecule has 26 heavy (non-hydrogen) atoms. The van der Waals surface area contributed by atoms with Crippen LogP contribution >= 0.6 is 23.2 Å². The molecule has 2 aliphatic heterocycles. The molecular weight excluding hydrogens is 376 g/mol. The lowest BCUT2D eigenvalue weighted by Gasteiger charge is -2.29. The van der Waals surface area contributed by atoms with Gasteiger partial charge in [-0.15, -0.1) is 0 Å². The van der Waals surface area contributed by atoms with Crippen molar-refractivity contribution in [2.45, 2.75) is 13.0 Å². The first-order valence-electron chi connectivity index (χ1n) is 8.34. The molecule has 1 amide bonds. The number of carbonyl (C=O) groups excluding carboxylic acids is 1. The third kappa shape index (κ3) is 3.34. The quantitative estimate of drug-likeness (QED) is 0.779. The lowest BCUT2D eigenvalue weighted by molar-refractivity contribution is -0.120. The van der Waals surface area contributed by atoms with Crippen molar-refractivity contribution in [3.05, 3.63) is 63.9 Å². The maximum absolute atomic E-state index is 13.3. The van der Waals surface area contributed by atoms with Crippen LogP contribution in [0.25, 0.3) is 0 Å². The summed E-state index contributed by atoms with van der Waals surface area (Å²) in [5, 5.41) is 6.76. The Morgan fingerprint density at radius 2 is 1.92 bits per heavy atom. The molecule has 2 aliphatic rings.